The monoisotopic (exact) mass is 266 g/mol. The van der Waals surface area contributed by atoms with Gasteiger partial charge in [-0.05, 0) is 26.9 Å². The molecule has 2 amide bonds. The van der Waals surface area contributed by atoms with Gasteiger partial charge in [0.2, 0.25) is 0 Å². The van der Waals surface area contributed by atoms with Crippen LogP contribution in [-0.4, -0.2) is 63.8 Å². The molecular formula is C12H22N6O. The Bertz CT molecular complexity index is 418. The lowest BCUT2D eigenvalue weighted by atomic mass is 10.4. The number of rotatable bonds is 3. The van der Waals surface area contributed by atoms with Gasteiger partial charge in [-0.15, -0.1) is 10.2 Å². The summed E-state index contributed by atoms with van der Waals surface area (Å²) in [6.45, 7) is 6.84. The number of nitrogens with one attached hydrogen (secondary N) is 1. The molecule has 19 heavy (non-hydrogen) atoms. The van der Waals surface area contributed by atoms with Gasteiger partial charge in [0.15, 0.2) is 5.82 Å². The number of urea groups is 1. The van der Waals surface area contributed by atoms with E-state index >= 15 is 0 Å². The van der Waals surface area contributed by atoms with Crippen LogP contribution in [0.15, 0.2) is 6.33 Å². The molecule has 1 fully saturated rings. The fourth-order valence-corrected chi connectivity index (χ4v) is 2.20. The third-order valence-electron chi connectivity index (χ3n) is 3.44. The maximum absolute atomic E-state index is 12.1. The van der Waals surface area contributed by atoms with Crippen molar-refractivity contribution in [1.82, 2.24) is 29.9 Å². The van der Waals surface area contributed by atoms with Gasteiger partial charge in [0, 0.05) is 26.2 Å². The van der Waals surface area contributed by atoms with E-state index in [1.165, 1.54) is 0 Å². The normalized spacial score (nSPS) is 17.3. The molecule has 0 bridgehead atoms. The Morgan fingerprint density at radius 2 is 2.21 bits per heavy atom. The Morgan fingerprint density at radius 1 is 1.37 bits per heavy atom. The summed E-state index contributed by atoms with van der Waals surface area (Å²) < 4.78 is 1.93. The maximum atomic E-state index is 12.1. The average Bonchev–Trinajstić information content (AvgIpc) is 2.76. The van der Waals surface area contributed by atoms with E-state index in [9.17, 15) is 4.79 Å². The first-order valence-corrected chi connectivity index (χ1v) is 6.78. The molecule has 1 aromatic heterocycles. The van der Waals surface area contributed by atoms with E-state index in [1.807, 2.05) is 16.4 Å². The summed E-state index contributed by atoms with van der Waals surface area (Å²) in [5.74, 6) is 0.794. The third kappa shape index (κ3) is 3.66. The molecule has 0 atom stereocenters. The van der Waals surface area contributed by atoms with Crippen LogP contribution < -0.4 is 5.32 Å². The summed E-state index contributed by atoms with van der Waals surface area (Å²) in [7, 11) is 2.09. The number of hydrogen-bond donors (Lipinski definition) is 1. The first-order valence-electron chi connectivity index (χ1n) is 6.78. The van der Waals surface area contributed by atoms with E-state index in [0.29, 0.717) is 6.54 Å². The van der Waals surface area contributed by atoms with Gasteiger partial charge in [0.25, 0.3) is 0 Å². The predicted octanol–water partition coefficient (Wildman–Crippen LogP) is 0.145. The Hall–Kier alpha value is -1.63. The van der Waals surface area contributed by atoms with E-state index in [0.717, 1.165) is 45.0 Å². The smallest absolute Gasteiger partial charge is 0.317 e. The van der Waals surface area contributed by atoms with Crippen LogP contribution in [0.1, 0.15) is 19.2 Å². The molecule has 7 heteroatoms. The fraction of sp³-hybridized carbons (Fsp3) is 0.750. The molecule has 0 unspecified atom stereocenters. The highest BCUT2D eigenvalue weighted by atomic mass is 16.2. The quantitative estimate of drug-likeness (QED) is 0.845. The second-order valence-electron chi connectivity index (χ2n) is 4.84. The Kier molecular flexibility index (Phi) is 4.73. The molecule has 2 heterocycles. The number of hydrogen-bond acceptors (Lipinski definition) is 4. The highest BCUT2D eigenvalue weighted by Gasteiger charge is 2.17. The van der Waals surface area contributed by atoms with Crippen LogP contribution in [0.5, 0.6) is 0 Å². The number of aromatic nitrogens is 3. The molecule has 106 valence electrons. The minimum absolute atomic E-state index is 0.0130. The van der Waals surface area contributed by atoms with Gasteiger partial charge < -0.3 is 19.7 Å². The van der Waals surface area contributed by atoms with Gasteiger partial charge in [-0.1, -0.05) is 0 Å². The van der Waals surface area contributed by atoms with Crippen molar-refractivity contribution in [3.63, 3.8) is 0 Å². The number of carbonyl (C=O) groups excluding carboxylic acids is 1. The summed E-state index contributed by atoms with van der Waals surface area (Å²) >= 11 is 0. The molecule has 2 rings (SSSR count). The van der Waals surface area contributed by atoms with Gasteiger partial charge in [-0.2, -0.15) is 0 Å². The van der Waals surface area contributed by atoms with Gasteiger partial charge in [-0.3, -0.25) is 0 Å². The Morgan fingerprint density at radius 3 is 3.00 bits per heavy atom. The van der Waals surface area contributed by atoms with Crippen LogP contribution in [-0.2, 0) is 13.1 Å². The molecule has 1 aliphatic rings. The van der Waals surface area contributed by atoms with Crippen molar-refractivity contribution in [2.24, 2.45) is 0 Å². The summed E-state index contributed by atoms with van der Waals surface area (Å²) in [4.78, 5) is 16.2. The lowest BCUT2D eigenvalue weighted by molar-refractivity contribution is 0.198. The topological polar surface area (TPSA) is 66.3 Å². The van der Waals surface area contributed by atoms with Crippen molar-refractivity contribution in [3.8, 4) is 0 Å². The highest BCUT2D eigenvalue weighted by molar-refractivity contribution is 5.74. The van der Waals surface area contributed by atoms with Gasteiger partial charge in [0.05, 0.1) is 6.54 Å². The van der Waals surface area contributed by atoms with E-state index in [4.69, 9.17) is 0 Å². The number of likely N-dealkylation sites (N-methyl/N-ethyl adjacent to an activating group) is 1. The SMILES string of the molecule is CCn1cnnc1CNC(=O)N1CCCN(C)CC1. The molecule has 0 aromatic carbocycles. The summed E-state index contributed by atoms with van der Waals surface area (Å²) in [5, 5.41) is 10.8. The first kappa shape index (κ1) is 13.8. The van der Waals surface area contributed by atoms with Crippen LogP contribution >= 0.6 is 0 Å². The molecule has 1 N–H and O–H groups in total. The van der Waals surface area contributed by atoms with Crippen molar-refractivity contribution in [3.05, 3.63) is 12.2 Å². The second-order valence-corrected chi connectivity index (χ2v) is 4.84. The van der Waals surface area contributed by atoms with E-state index < -0.39 is 0 Å². The molecule has 1 aliphatic heterocycles. The molecule has 0 aliphatic carbocycles. The summed E-state index contributed by atoms with van der Waals surface area (Å²) in [6.07, 6.45) is 2.71. The zero-order valence-corrected chi connectivity index (χ0v) is 11.7. The van der Waals surface area contributed by atoms with E-state index in [1.54, 1.807) is 6.33 Å². The lowest BCUT2D eigenvalue weighted by Crippen LogP contribution is -2.41. The summed E-state index contributed by atoms with van der Waals surface area (Å²) in [5.41, 5.74) is 0. The number of nitrogens with zero attached hydrogens (tertiary/aromatic N) is 5. The lowest BCUT2D eigenvalue weighted by Gasteiger charge is -2.20. The zero-order chi connectivity index (χ0) is 13.7. The number of amides is 2. The van der Waals surface area contributed by atoms with Crippen LogP contribution in [0.4, 0.5) is 4.79 Å². The molecule has 1 aromatic rings. The van der Waals surface area contributed by atoms with Crippen molar-refractivity contribution < 1.29 is 4.79 Å². The molecule has 0 radical (unpaired) electrons. The Balaban J connectivity index is 1.84. The molecular weight excluding hydrogens is 244 g/mol. The van der Waals surface area contributed by atoms with Crippen molar-refractivity contribution in [1.29, 1.82) is 0 Å². The molecule has 0 saturated carbocycles. The van der Waals surface area contributed by atoms with Crippen molar-refractivity contribution in [2.45, 2.75) is 26.4 Å². The van der Waals surface area contributed by atoms with E-state index in [2.05, 4.69) is 27.5 Å². The van der Waals surface area contributed by atoms with Crippen LogP contribution in [0, 0.1) is 0 Å². The number of carbonyl (C=O) groups is 1. The van der Waals surface area contributed by atoms with Crippen LogP contribution in [0.2, 0.25) is 0 Å². The average molecular weight is 266 g/mol. The van der Waals surface area contributed by atoms with Crippen molar-refractivity contribution >= 4 is 6.03 Å². The minimum atomic E-state index is -0.0130. The van der Waals surface area contributed by atoms with Gasteiger partial charge in [-0.25, -0.2) is 4.79 Å². The number of aryl methyl sites for hydroxylation is 1. The first-order chi connectivity index (χ1) is 9.20. The van der Waals surface area contributed by atoms with Crippen LogP contribution in [0.25, 0.3) is 0 Å². The second kappa shape index (κ2) is 6.51. The molecule has 1 saturated heterocycles. The van der Waals surface area contributed by atoms with Gasteiger partial charge in [0.1, 0.15) is 6.33 Å². The summed E-state index contributed by atoms with van der Waals surface area (Å²) in [6, 6.07) is -0.0130. The molecule has 7 nitrogen and oxygen atoms in total. The largest absolute Gasteiger partial charge is 0.331 e. The zero-order valence-electron chi connectivity index (χ0n) is 11.7. The van der Waals surface area contributed by atoms with Gasteiger partial charge >= 0.3 is 6.03 Å². The van der Waals surface area contributed by atoms with E-state index in [-0.39, 0.29) is 6.03 Å². The Labute approximate surface area is 113 Å². The predicted molar refractivity (Wildman–Crippen MR) is 71.6 cm³/mol. The standard InChI is InChI=1S/C12H22N6O/c1-3-17-10-14-15-11(17)9-13-12(19)18-6-4-5-16(2)7-8-18/h10H,3-9H2,1-2H3,(H,13,19). The highest BCUT2D eigenvalue weighted by Crippen LogP contribution is 2.02. The fourth-order valence-electron chi connectivity index (χ4n) is 2.20. The van der Waals surface area contributed by atoms with Crippen LogP contribution in [0.3, 0.4) is 0 Å². The third-order valence-corrected chi connectivity index (χ3v) is 3.44. The van der Waals surface area contributed by atoms with Crippen molar-refractivity contribution in [2.75, 3.05) is 33.2 Å². The minimum Gasteiger partial charge on any atom is -0.331 e. The molecule has 0 spiro atoms. The maximum Gasteiger partial charge on any atom is 0.317 e.